The minimum atomic E-state index is -1.27. The van der Waals surface area contributed by atoms with Gasteiger partial charge in [0.1, 0.15) is 16.4 Å². The topological polar surface area (TPSA) is 70.4 Å². The van der Waals surface area contributed by atoms with Crippen molar-refractivity contribution < 1.29 is 15.0 Å². The third kappa shape index (κ3) is 2.51. The highest BCUT2D eigenvalue weighted by molar-refractivity contribution is 7.15. The SMILES string of the molecule is Cc1ccc(-c2nc3c(s2)[C@]2(O)[C@@H](O)C[C@H]4[C@@H]5CCC(=O)[C@@]5(C)CC[C@@H]4[C@@]2(C)CC3)cc1. The zero-order chi connectivity index (χ0) is 22.5. The number of aliphatic hydroxyl groups is 2. The first-order valence-corrected chi connectivity index (χ1v) is 13.0. The molecule has 0 bridgehead atoms. The van der Waals surface area contributed by atoms with E-state index in [4.69, 9.17) is 4.98 Å². The summed E-state index contributed by atoms with van der Waals surface area (Å²) in [4.78, 5) is 18.5. The predicted octanol–water partition coefficient (Wildman–Crippen LogP) is 5.03. The van der Waals surface area contributed by atoms with Crippen LogP contribution in [-0.4, -0.2) is 27.1 Å². The van der Waals surface area contributed by atoms with Crippen LogP contribution in [0.1, 0.15) is 68.5 Å². The monoisotopic (exact) mass is 451 g/mol. The van der Waals surface area contributed by atoms with Crippen molar-refractivity contribution >= 4 is 17.1 Å². The predicted molar refractivity (Wildman–Crippen MR) is 125 cm³/mol. The highest BCUT2D eigenvalue weighted by Gasteiger charge is 2.68. The molecule has 4 nitrogen and oxygen atoms in total. The van der Waals surface area contributed by atoms with Gasteiger partial charge in [0, 0.05) is 22.8 Å². The van der Waals surface area contributed by atoms with Gasteiger partial charge in [-0.05, 0) is 63.2 Å². The summed E-state index contributed by atoms with van der Waals surface area (Å²) in [6.45, 7) is 6.45. The Balaban J connectivity index is 1.42. The van der Waals surface area contributed by atoms with E-state index in [-0.39, 0.29) is 5.41 Å². The Bertz CT molecular complexity index is 1090. The largest absolute Gasteiger partial charge is 0.390 e. The summed E-state index contributed by atoms with van der Waals surface area (Å²) < 4.78 is 0. The molecule has 0 unspecified atom stereocenters. The molecule has 0 aliphatic heterocycles. The molecule has 4 aliphatic rings. The summed E-state index contributed by atoms with van der Waals surface area (Å²) in [5.74, 6) is 1.40. The molecule has 0 radical (unpaired) electrons. The zero-order valence-electron chi connectivity index (χ0n) is 19.2. The summed E-state index contributed by atoms with van der Waals surface area (Å²) in [5, 5.41) is 24.8. The molecule has 2 N–H and O–H groups in total. The normalized spacial score (nSPS) is 42.7. The van der Waals surface area contributed by atoms with E-state index < -0.39 is 17.1 Å². The molecule has 1 aromatic carbocycles. The first-order valence-electron chi connectivity index (χ1n) is 12.2. The number of Topliss-reactive ketones (excluding diaryl/α,β-unsaturated/α-hetero) is 1. The molecule has 0 spiro atoms. The van der Waals surface area contributed by atoms with Crippen molar-refractivity contribution in [2.75, 3.05) is 0 Å². The Morgan fingerprint density at radius 2 is 1.81 bits per heavy atom. The summed E-state index contributed by atoms with van der Waals surface area (Å²) in [6.07, 6.45) is 4.95. The van der Waals surface area contributed by atoms with Crippen LogP contribution in [0, 0.1) is 35.5 Å². The highest BCUT2D eigenvalue weighted by atomic mass is 32.1. The molecule has 2 aromatic rings. The van der Waals surface area contributed by atoms with Crippen LogP contribution >= 0.6 is 11.3 Å². The lowest BCUT2D eigenvalue weighted by Crippen LogP contribution is -2.65. The molecule has 0 amide bonds. The second-order valence-electron chi connectivity index (χ2n) is 11.4. The molecular weight excluding hydrogens is 418 g/mol. The van der Waals surface area contributed by atoms with Crippen LogP contribution < -0.4 is 0 Å². The van der Waals surface area contributed by atoms with E-state index in [1.165, 1.54) is 5.56 Å². The Morgan fingerprint density at radius 1 is 1.06 bits per heavy atom. The number of aromatic nitrogens is 1. The van der Waals surface area contributed by atoms with E-state index in [9.17, 15) is 15.0 Å². The van der Waals surface area contributed by atoms with Crippen molar-refractivity contribution in [3.8, 4) is 10.6 Å². The number of benzene rings is 1. The molecule has 4 aliphatic carbocycles. The number of hydrogen-bond acceptors (Lipinski definition) is 5. The molecule has 1 heterocycles. The molecule has 170 valence electrons. The molecular formula is C27H33NO3S. The number of nitrogens with zero attached hydrogens (tertiary/aromatic N) is 1. The van der Waals surface area contributed by atoms with Crippen LogP contribution in [0.3, 0.4) is 0 Å². The van der Waals surface area contributed by atoms with Gasteiger partial charge in [-0.1, -0.05) is 43.7 Å². The molecule has 32 heavy (non-hydrogen) atoms. The van der Waals surface area contributed by atoms with Gasteiger partial charge in [-0.15, -0.1) is 11.3 Å². The second kappa shape index (κ2) is 6.74. The smallest absolute Gasteiger partial charge is 0.139 e. The van der Waals surface area contributed by atoms with Crippen LogP contribution in [0.2, 0.25) is 0 Å². The van der Waals surface area contributed by atoms with Gasteiger partial charge < -0.3 is 10.2 Å². The Kier molecular flexibility index (Phi) is 4.42. The fourth-order valence-corrected chi connectivity index (χ4v) is 9.47. The standard InChI is InChI=1S/C27H33NO3S/c1-15-4-6-16(7-5-15)24-28-20-11-13-26(3)19-10-12-25(2)18(8-9-21(25)29)17(19)14-22(30)27(26,31)23(20)32-24/h4-7,17-19,22,30-31H,8-14H2,1-3H3/t17-,18-,19-,22-,25-,26+,27+/m0/s1. The maximum atomic E-state index is 12.7. The Labute approximate surface area is 194 Å². The average molecular weight is 452 g/mol. The quantitative estimate of drug-likeness (QED) is 0.638. The minimum absolute atomic E-state index is 0.227. The molecule has 3 fully saturated rings. The van der Waals surface area contributed by atoms with Gasteiger partial charge in [0.25, 0.3) is 0 Å². The van der Waals surface area contributed by atoms with Gasteiger partial charge >= 0.3 is 0 Å². The maximum Gasteiger partial charge on any atom is 0.139 e. The molecule has 6 rings (SSSR count). The Morgan fingerprint density at radius 3 is 2.56 bits per heavy atom. The van der Waals surface area contributed by atoms with Gasteiger partial charge in [0.2, 0.25) is 0 Å². The maximum absolute atomic E-state index is 12.7. The summed E-state index contributed by atoms with van der Waals surface area (Å²) in [5.41, 5.74) is 1.35. The molecule has 3 saturated carbocycles. The van der Waals surface area contributed by atoms with E-state index in [0.717, 1.165) is 53.2 Å². The first kappa shape index (κ1) is 21.0. The summed E-state index contributed by atoms with van der Waals surface area (Å²) >= 11 is 1.56. The van der Waals surface area contributed by atoms with Crippen molar-refractivity contribution in [2.24, 2.45) is 28.6 Å². The second-order valence-corrected chi connectivity index (χ2v) is 12.4. The van der Waals surface area contributed by atoms with E-state index >= 15 is 0 Å². The van der Waals surface area contributed by atoms with Crippen LogP contribution in [0.15, 0.2) is 24.3 Å². The van der Waals surface area contributed by atoms with E-state index in [1.807, 2.05) is 0 Å². The fraction of sp³-hybridized carbons (Fsp3) is 0.630. The van der Waals surface area contributed by atoms with Crippen molar-refractivity contribution in [1.29, 1.82) is 0 Å². The van der Waals surface area contributed by atoms with E-state index in [0.29, 0.717) is 36.4 Å². The molecule has 1 aromatic heterocycles. The number of thiazole rings is 1. The summed E-state index contributed by atoms with van der Waals surface area (Å²) in [7, 11) is 0. The van der Waals surface area contributed by atoms with Gasteiger partial charge in [0.05, 0.1) is 16.7 Å². The lowest BCUT2D eigenvalue weighted by Gasteiger charge is -2.63. The van der Waals surface area contributed by atoms with Crippen LogP contribution in [0.25, 0.3) is 10.6 Å². The fourth-order valence-electron chi connectivity index (χ4n) is 8.07. The van der Waals surface area contributed by atoms with Gasteiger partial charge in [-0.3, -0.25) is 4.79 Å². The number of aryl methyl sites for hydroxylation is 2. The van der Waals surface area contributed by atoms with Gasteiger partial charge in [-0.25, -0.2) is 4.98 Å². The van der Waals surface area contributed by atoms with Crippen LogP contribution in [-0.2, 0) is 16.8 Å². The lowest BCUT2D eigenvalue weighted by atomic mass is 9.43. The third-order valence-electron chi connectivity index (χ3n) is 10.0. The number of carbonyl (C=O) groups excluding carboxylic acids is 1. The van der Waals surface area contributed by atoms with Crippen molar-refractivity contribution in [1.82, 2.24) is 4.98 Å². The number of carbonyl (C=O) groups is 1. The van der Waals surface area contributed by atoms with Crippen molar-refractivity contribution in [3.05, 3.63) is 40.4 Å². The lowest BCUT2D eigenvalue weighted by molar-refractivity contribution is -0.247. The molecule has 5 heteroatoms. The van der Waals surface area contributed by atoms with E-state index in [1.54, 1.807) is 11.3 Å². The number of fused-ring (bicyclic) bond motifs is 7. The van der Waals surface area contributed by atoms with E-state index in [2.05, 4.69) is 45.0 Å². The minimum Gasteiger partial charge on any atom is -0.390 e. The van der Waals surface area contributed by atoms with Crippen molar-refractivity contribution in [2.45, 2.75) is 77.4 Å². The molecule has 0 saturated heterocycles. The average Bonchev–Trinajstić information content (AvgIpc) is 3.33. The van der Waals surface area contributed by atoms with Gasteiger partial charge in [0.15, 0.2) is 0 Å². The molecule has 7 atom stereocenters. The number of hydrogen-bond donors (Lipinski definition) is 2. The van der Waals surface area contributed by atoms with Crippen LogP contribution in [0.5, 0.6) is 0 Å². The third-order valence-corrected chi connectivity index (χ3v) is 11.3. The van der Waals surface area contributed by atoms with Gasteiger partial charge in [-0.2, -0.15) is 0 Å². The number of aliphatic hydroxyl groups excluding tert-OH is 1. The zero-order valence-corrected chi connectivity index (χ0v) is 20.0. The number of rotatable bonds is 1. The Hall–Kier alpha value is -1.56. The highest BCUT2D eigenvalue weighted by Crippen LogP contribution is 2.68. The summed E-state index contributed by atoms with van der Waals surface area (Å²) in [6, 6.07) is 8.37. The number of ketones is 1. The first-order chi connectivity index (χ1) is 15.2. The van der Waals surface area contributed by atoms with Crippen LogP contribution in [0.4, 0.5) is 0 Å². The van der Waals surface area contributed by atoms with Crippen molar-refractivity contribution in [3.63, 3.8) is 0 Å².